The number of hydrogen-bond donors (Lipinski definition) is 1. The minimum Gasteiger partial charge on any atom is -0.395 e. The van der Waals surface area contributed by atoms with Crippen LogP contribution in [0, 0.1) is 0 Å². The summed E-state index contributed by atoms with van der Waals surface area (Å²) >= 11 is 0. The van der Waals surface area contributed by atoms with E-state index in [4.69, 9.17) is 5.11 Å². The number of rotatable bonds is 3. The molecule has 4 heteroatoms. The van der Waals surface area contributed by atoms with Crippen LogP contribution in [0.25, 0.3) is 0 Å². The molecule has 1 saturated heterocycles. The topological polar surface area (TPSA) is 23.5 Å². The molecule has 0 amide bonds. The highest BCUT2D eigenvalue weighted by Gasteiger charge is 2.28. The summed E-state index contributed by atoms with van der Waals surface area (Å²) in [5.41, 5.74) is 0. The van der Waals surface area contributed by atoms with Crippen molar-refractivity contribution in [3.05, 3.63) is 0 Å². The Balaban J connectivity index is 2.16. The van der Waals surface area contributed by atoms with Crippen molar-refractivity contribution in [3.8, 4) is 0 Å². The Kier molecular flexibility index (Phi) is 2.56. The smallest absolute Gasteiger partial charge is 0.251 e. The van der Waals surface area contributed by atoms with Crippen molar-refractivity contribution < 1.29 is 13.9 Å². The van der Waals surface area contributed by atoms with E-state index in [2.05, 4.69) is 0 Å². The predicted molar refractivity (Wildman–Crippen MR) is 33.1 cm³/mol. The van der Waals surface area contributed by atoms with Gasteiger partial charge in [0.2, 0.25) is 0 Å². The summed E-state index contributed by atoms with van der Waals surface area (Å²) in [6, 6.07) is -0.00556. The first kappa shape index (κ1) is 7.88. The Bertz CT molecular complexity index is 108. The molecule has 0 bridgehead atoms. The highest BCUT2D eigenvalue weighted by atomic mass is 19.3. The molecule has 10 heavy (non-hydrogen) atoms. The highest BCUT2D eigenvalue weighted by molar-refractivity contribution is 4.81. The molecule has 0 aromatic heterocycles. The first-order chi connectivity index (χ1) is 4.74. The Morgan fingerprint density at radius 1 is 1.60 bits per heavy atom. The van der Waals surface area contributed by atoms with E-state index in [1.165, 1.54) is 0 Å². The van der Waals surface area contributed by atoms with Gasteiger partial charge in [-0.2, -0.15) is 0 Å². The van der Waals surface area contributed by atoms with E-state index in [0.29, 0.717) is 6.54 Å². The van der Waals surface area contributed by atoms with Gasteiger partial charge in [0, 0.05) is 12.6 Å². The average Bonchev–Trinajstić information content (AvgIpc) is 1.82. The zero-order valence-corrected chi connectivity index (χ0v) is 5.63. The number of aliphatic hydroxyl groups is 1. The molecular weight excluding hydrogens is 140 g/mol. The zero-order chi connectivity index (χ0) is 7.56. The lowest BCUT2D eigenvalue weighted by molar-refractivity contribution is -0.00654. The molecule has 60 valence electrons. The first-order valence-electron chi connectivity index (χ1n) is 3.37. The average molecular weight is 151 g/mol. The second kappa shape index (κ2) is 3.25. The molecule has 0 spiro atoms. The minimum absolute atomic E-state index is 0.00556. The maximum absolute atomic E-state index is 11.7. The number of nitrogens with zero attached hydrogens (tertiary/aromatic N) is 1. The second-order valence-corrected chi connectivity index (χ2v) is 2.51. The monoisotopic (exact) mass is 151 g/mol. The molecule has 0 aliphatic carbocycles. The lowest BCUT2D eigenvalue weighted by Gasteiger charge is -2.39. The van der Waals surface area contributed by atoms with Crippen molar-refractivity contribution in [2.24, 2.45) is 0 Å². The maximum Gasteiger partial charge on any atom is 0.251 e. The molecule has 0 aromatic rings. The van der Waals surface area contributed by atoms with Gasteiger partial charge in [-0.25, -0.2) is 8.78 Å². The summed E-state index contributed by atoms with van der Waals surface area (Å²) in [5, 5.41) is 8.58. The summed E-state index contributed by atoms with van der Waals surface area (Å²) < 4.78 is 23.4. The molecule has 0 radical (unpaired) electrons. The van der Waals surface area contributed by atoms with Crippen LogP contribution in [0.4, 0.5) is 8.78 Å². The summed E-state index contributed by atoms with van der Waals surface area (Å²) in [4.78, 5) is 1.60. The summed E-state index contributed by atoms with van der Waals surface area (Å²) in [7, 11) is 0. The molecule has 0 saturated carbocycles. The molecule has 1 aliphatic heterocycles. The van der Waals surface area contributed by atoms with Gasteiger partial charge in [0.1, 0.15) is 0 Å². The summed E-state index contributed by atoms with van der Waals surface area (Å²) in [6.45, 7) is 0.521. The van der Waals surface area contributed by atoms with Gasteiger partial charge in [0.15, 0.2) is 0 Å². The first-order valence-corrected chi connectivity index (χ1v) is 3.37. The Morgan fingerprint density at radius 3 is 2.60 bits per heavy atom. The van der Waals surface area contributed by atoms with Crippen LogP contribution >= 0.6 is 0 Å². The number of hydrogen-bond acceptors (Lipinski definition) is 2. The molecule has 1 N–H and O–H groups in total. The normalized spacial score (nSPS) is 27.0. The number of halogens is 2. The molecular formula is C6H11F2NO. The fourth-order valence-electron chi connectivity index (χ4n) is 1.12. The van der Waals surface area contributed by atoms with Crippen LogP contribution in [0.3, 0.4) is 0 Å². The SMILES string of the molecule is OC[C@H]1CCN1CC(F)F. The van der Waals surface area contributed by atoms with E-state index >= 15 is 0 Å². The van der Waals surface area contributed by atoms with Gasteiger partial charge in [-0.05, 0) is 6.42 Å². The largest absolute Gasteiger partial charge is 0.395 e. The van der Waals surface area contributed by atoms with Crippen LogP contribution < -0.4 is 0 Å². The van der Waals surface area contributed by atoms with Gasteiger partial charge in [0.05, 0.1) is 13.2 Å². The van der Waals surface area contributed by atoms with Crippen molar-refractivity contribution in [2.45, 2.75) is 18.9 Å². The van der Waals surface area contributed by atoms with Gasteiger partial charge in [-0.1, -0.05) is 0 Å². The number of aliphatic hydroxyl groups excluding tert-OH is 1. The molecule has 1 aliphatic rings. The van der Waals surface area contributed by atoms with E-state index in [0.717, 1.165) is 6.42 Å². The van der Waals surface area contributed by atoms with Crippen molar-refractivity contribution in [1.82, 2.24) is 4.90 Å². The molecule has 0 unspecified atom stereocenters. The maximum atomic E-state index is 11.7. The standard InChI is InChI=1S/C6H11F2NO/c7-6(8)3-9-2-1-5(9)4-10/h5-6,10H,1-4H2/t5-/m1/s1. The summed E-state index contributed by atoms with van der Waals surface area (Å²) in [5.74, 6) is 0. The lowest BCUT2D eigenvalue weighted by atomic mass is 10.1. The number of alkyl halides is 2. The van der Waals surface area contributed by atoms with Gasteiger partial charge in [-0.15, -0.1) is 0 Å². The zero-order valence-electron chi connectivity index (χ0n) is 5.63. The van der Waals surface area contributed by atoms with Gasteiger partial charge in [0.25, 0.3) is 6.43 Å². The fourth-order valence-corrected chi connectivity index (χ4v) is 1.12. The number of likely N-dealkylation sites (tertiary alicyclic amines) is 1. The lowest BCUT2D eigenvalue weighted by Crippen LogP contribution is -2.51. The summed E-state index contributed by atoms with van der Waals surface area (Å²) in [6.07, 6.45) is -1.42. The van der Waals surface area contributed by atoms with Crippen LogP contribution in [0.1, 0.15) is 6.42 Å². The molecule has 2 nitrogen and oxygen atoms in total. The molecule has 1 atom stereocenters. The quantitative estimate of drug-likeness (QED) is 0.627. The third kappa shape index (κ3) is 1.64. The van der Waals surface area contributed by atoms with E-state index in [9.17, 15) is 8.78 Å². The highest BCUT2D eigenvalue weighted by Crippen LogP contribution is 2.17. The van der Waals surface area contributed by atoms with Gasteiger partial charge < -0.3 is 5.11 Å². The van der Waals surface area contributed by atoms with Crippen molar-refractivity contribution in [2.75, 3.05) is 19.7 Å². The van der Waals surface area contributed by atoms with E-state index in [-0.39, 0.29) is 19.2 Å². The molecule has 1 rings (SSSR count). The Morgan fingerprint density at radius 2 is 2.30 bits per heavy atom. The third-order valence-electron chi connectivity index (χ3n) is 1.85. The van der Waals surface area contributed by atoms with Crippen LogP contribution in [-0.2, 0) is 0 Å². The van der Waals surface area contributed by atoms with Crippen LogP contribution in [0.2, 0.25) is 0 Å². The fraction of sp³-hybridized carbons (Fsp3) is 1.00. The van der Waals surface area contributed by atoms with Gasteiger partial charge in [-0.3, -0.25) is 4.90 Å². The molecule has 1 heterocycles. The molecule has 0 aromatic carbocycles. The Hall–Kier alpha value is -0.220. The second-order valence-electron chi connectivity index (χ2n) is 2.51. The van der Waals surface area contributed by atoms with Gasteiger partial charge >= 0.3 is 0 Å². The van der Waals surface area contributed by atoms with Crippen LogP contribution in [0.15, 0.2) is 0 Å². The predicted octanol–water partition coefficient (Wildman–Crippen LogP) is 0.318. The molecule has 1 fully saturated rings. The Labute approximate surface area is 58.4 Å². The van der Waals surface area contributed by atoms with Crippen LogP contribution in [-0.4, -0.2) is 42.2 Å². The van der Waals surface area contributed by atoms with E-state index in [1.807, 2.05) is 0 Å². The van der Waals surface area contributed by atoms with Crippen molar-refractivity contribution in [3.63, 3.8) is 0 Å². The van der Waals surface area contributed by atoms with E-state index < -0.39 is 6.43 Å². The van der Waals surface area contributed by atoms with Crippen molar-refractivity contribution in [1.29, 1.82) is 0 Å². The minimum atomic E-state index is -2.27. The van der Waals surface area contributed by atoms with Crippen LogP contribution in [0.5, 0.6) is 0 Å². The van der Waals surface area contributed by atoms with E-state index in [1.54, 1.807) is 4.90 Å². The van der Waals surface area contributed by atoms with Crippen molar-refractivity contribution >= 4 is 0 Å². The third-order valence-corrected chi connectivity index (χ3v) is 1.85.